The number of hydrogen-bond donors (Lipinski definition) is 2. The number of Topliss-reactive ketones (excluding diaryl/α,β-unsaturated/α-hetero) is 1. The summed E-state index contributed by atoms with van der Waals surface area (Å²) in [6.45, 7) is 7.98. The molecule has 5 nitrogen and oxygen atoms in total. The van der Waals surface area contributed by atoms with Gasteiger partial charge in [0.2, 0.25) is 0 Å². The molecule has 0 aliphatic heterocycles. The van der Waals surface area contributed by atoms with Crippen LogP contribution in [0.2, 0.25) is 0 Å². The fraction of sp³-hybridized carbons (Fsp3) is 0.615. The van der Waals surface area contributed by atoms with Crippen LogP contribution < -0.4 is 11.1 Å². The number of carbonyl (C=O) groups is 1. The lowest BCUT2D eigenvalue weighted by molar-refractivity contribution is 0.0992. The molecule has 1 rings (SSSR count). The Morgan fingerprint density at radius 1 is 1.35 bits per heavy atom. The van der Waals surface area contributed by atoms with Gasteiger partial charge in [0.25, 0.3) is 0 Å². The third kappa shape index (κ3) is 3.52. The topological polar surface area (TPSA) is 89.3 Å². The van der Waals surface area contributed by atoms with E-state index < -0.39 is 9.84 Å². The van der Waals surface area contributed by atoms with Crippen LogP contribution in [-0.4, -0.2) is 26.5 Å². The molecule has 0 aromatic carbocycles. The first kappa shape index (κ1) is 17.0. The van der Waals surface area contributed by atoms with Gasteiger partial charge in [-0.1, -0.05) is 27.7 Å². The van der Waals surface area contributed by atoms with Crippen LogP contribution in [0.4, 0.5) is 10.7 Å². The smallest absolute Gasteiger partial charge is 0.183 e. The third-order valence-corrected chi connectivity index (χ3v) is 5.98. The molecule has 0 spiro atoms. The predicted molar refractivity (Wildman–Crippen MR) is 84.4 cm³/mol. The zero-order valence-corrected chi connectivity index (χ0v) is 14.0. The van der Waals surface area contributed by atoms with Crippen molar-refractivity contribution in [2.24, 2.45) is 5.92 Å². The van der Waals surface area contributed by atoms with Crippen LogP contribution in [0.5, 0.6) is 0 Å². The van der Waals surface area contributed by atoms with Gasteiger partial charge in [0.15, 0.2) is 15.6 Å². The number of rotatable bonds is 7. The molecule has 20 heavy (non-hydrogen) atoms. The van der Waals surface area contributed by atoms with Crippen molar-refractivity contribution in [2.75, 3.05) is 23.3 Å². The van der Waals surface area contributed by atoms with Crippen molar-refractivity contribution in [3.05, 3.63) is 4.88 Å². The molecule has 0 bridgehead atoms. The van der Waals surface area contributed by atoms with Crippen LogP contribution in [0.1, 0.15) is 43.8 Å². The van der Waals surface area contributed by atoms with E-state index in [-0.39, 0.29) is 22.1 Å². The maximum Gasteiger partial charge on any atom is 0.183 e. The van der Waals surface area contributed by atoms with Gasteiger partial charge in [-0.2, -0.15) is 0 Å². The Hall–Kier alpha value is -1.08. The lowest BCUT2D eigenvalue weighted by Crippen LogP contribution is -2.12. The molecule has 0 aliphatic rings. The van der Waals surface area contributed by atoms with Gasteiger partial charge in [-0.15, -0.1) is 11.3 Å². The van der Waals surface area contributed by atoms with Crippen molar-refractivity contribution >= 4 is 37.6 Å². The van der Waals surface area contributed by atoms with Gasteiger partial charge in [-0.3, -0.25) is 4.79 Å². The molecule has 0 unspecified atom stereocenters. The summed E-state index contributed by atoms with van der Waals surface area (Å²) in [4.78, 5) is 12.3. The second-order valence-corrected chi connectivity index (χ2v) is 8.19. The fourth-order valence-corrected chi connectivity index (χ4v) is 4.35. The lowest BCUT2D eigenvalue weighted by Gasteiger charge is -2.09. The summed E-state index contributed by atoms with van der Waals surface area (Å²) in [5, 5.41) is 3.58. The highest BCUT2D eigenvalue weighted by atomic mass is 32.2. The number of nitrogens with one attached hydrogen (secondary N) is 1. The van der Waals surface area contributed by atoms with Crippen molar-refractivity contribution in [3.8, 4) is 0 Å². The molecular weight excluding hydrogens is 296 g/mol. The van der Waals surface area contributed by atoms with Crippen LogP contribution >= 0.6 is 11.3 Å². The Bertz CT molecular complexity index is 589. The second kappa shape index (κ2) is 6.58. The summed E-state index contributed by atoms with van der Waals surface area (Å²) in [6.07, 6.45) is 0.306. The largest absolute Gasteiger partial charge is 0.396 e. The number of nitrogen functional groups attached to an aromatic ring is 1. The van der Waals surface area contributed by atoms with Crippen molar-refractivity contribution in [1.29, 1.82) is 0 Å². The SMILES string of the molecule is CCC(=O)c1sc(NCC(C)C)c(S(=O)(=O)CC)c1N. The maximum absolute atomic E-state index is 12.2. The van der Waals surface area contributed by atoms with Gasteiger partial charge in [-0.05, 0) is 5.92 Å². The van der Waals surface area contributed by atoms with Crippen LogP contribution in [0.3, 0.4) is 0 Å². The molecular formula is C13H22N2O3S2. The first-order chi connectivity index (χ1) is 9.24. The summed E-state index contributed by atoms with van der Waals surface area (Å²) < 4.78 is 24.4. The molecule has 1 aromatic heterocycles. The van der Waals surface area contributed by atoms with E-state index >= 15 is 0 Å². The lowest BCUT2D eigenvalue weighted by atomic mass is 10.2. The minimum atomic E-state index is -3.46. The Morgan fingerprint density at radius 3 is 2.40 bits per heavy atom. The Labute approximate surface area is 124 Å². The average molecular weight is 318 g/mol. The summed E-state index contributed by atoms with van der Waals surface area (Å²) in [5.74, 6) is 0.197. The summed E-state index contributed by atoms with van der Waals surface area (Å²) in [5.41, 5.74) is 6.01. The van der Waals surface area contributed by atoms with Crippen molar-refractivity contribution in [1.82, 2.24) is 0 Å². The van der Waals surface area contributed by atoms with Gasteiger partial charge in [0.05, 0.1) is 16.3 Å². The number of nitrogens with two attached hydrogens (primary N) is 1. The van der Waals surface area contributed by atoms with Gasteiger partial charge < -0.3 is 11.1 Å². The number of thiophene rings is 1. The molecule has 1 heterocycles. The normalized spacial score (nSPS) is 11.8. The molecule has 0 fully saturated rings. The molecule has 0 saturated carbocycles. The Morgan fingerprint density at radius 2 is 1.95 bits per heavy atom. The molecule has 0 radical (unpaired) electrons. The van der Waals surface area contributed by atoms with Crippen LogP contribution in [0.15, 0.2) is 4.90 Å². The summed E-state index contributed by atoms with van der Waals surface area (Å²) in [6, 6.07) is 0. The van der Waals surface area contributed by atoms with Gasteiger partial charge in [0, 0.05) is 13.0 Å². The monoisotopic (exact) mass is 318 g/mol. The first-order valence-corrected chi connectivity index (χ1v) is 9.13. The Balaban J connectivity index is 3.37. The van der Waals surface area contributed by atoms with Crippen molar-refractivity contribution in [2.45, 2.75) is 39.0 Å². The van der Waals surface area contributed by atoms with Gasteiger partial charge in [0.1, 0.15) is 9.90 Å². The summed E-state index contributed by atoms with van der Waals surface area (Å²) >= 11 is 1.14. The minimum Gasteiger partial charge on any atom is -0.396 e. The van der Waals surface area contributed by atoms with E-state index in [9.17, 15) is 13.2 Å². The highest BCUT2D eigenvalue weighted by Gasteiger charge is 2.28. The number of sulfone groups is 1. The minimum absolute atomic E-state index is 0.0377. The standard InChI is InChI=1S/C13H22N2O3S2/c1-5-9(16)11-10(14)12(20(17,18)6-2)13(19-11)15-7-8(3)4/h8,15H,5-7,14H2,1-4H3. The van der Waals surface area contributed by atoms with Crippen molar-refractivity contribution in [3.63, 3.8) is 0 Å². The average Bonchev–Trinajstić information content (AvgIpc) is 2.73. The molecule has 0 saturated heterocycles. The van der Waals surface area contributed by atoms with Gasteiger partial charge >= 0.3 is 0 Å². The number of carbonyl (C=O) groups excluding carboxylic acids is 1. The van der Waals surface area contributed by atoms with E-state index in [2.05, 4.69) is 5.32 Å². The van der Waals surface area contributed by atoms with Crippen LogP contribution in [0, 0.1) is 5.92 Å². The molecule has 7 heteroatoms. The number of ketones is 1. The quantitative estimate of drug-likeness (QED) is 0.755. The van der Waals surface area contributed by atoms with Crippen LogP contribution in [0.25, 0.3) is 0 Å². The number of hydrogen-bond acceptors (Lipinski definition) is 6. The number of anilines is 2. The molecule has 0 amide bonds. The molecule has 0 atom stereocenters. The van der Waals surface area contributed by atoms with E-state index in [4.69, 9.17) is 5.73 Å². The first-order valence-electron chi connectivity index (χ1n) is 6.66. The predicted octanol–water partition coefficient (Wildman–Crippen LogP) is 2.78. The van der Waals surface area contributed by atoms with E-state index in [0.717, 1.165) is 11.3 Å². The molecule has 3 N–H and O–H groups in total. The zero-order valence-electron chi connectivity index (χ0n) is 12.3. The van der Waals surface area contributed by atoms with Crippen LogP contribution in [-0.2, 0) is 9.84 Å². The highest BCUT2D eigenvalue weighted by molar-refractivity contribution is 7.91. The fourth-order valence-electron chi connectivity index (χ4n) is 1.66. The zero-order chi connectivity index (χ0) is 15.5. The van der Waals surface area contributed by atoms with E-state index in [1.807, 2.05) is 13.8 Å². The summed E-state index contributed by atoms with van der Waals surface area (Å²) in [7, 11) is -3.46. The van der Waals surface area contributed by atoms with Gasteiger partial charge in [-0.25, -0.2) is 8.42 Å². The van der Waals surface area contributed by atoms with E-state index in [1.54, 1.807) is 13.8 Å². The molecule has 1 aromatic rings. The van der Waals surface area contributed by atoms with Crippen molar-refractivity contribution < 1.29 is 13.2 Å². The third-order valence-electron chi connectivity index (χ3n) is 2.84. The van der Waals surface area contributed by atoms with E-state index in [1.165, 1.54) is 0 Å². The maximum atomic E-state index is 12.2. The van der Waals surface area contributed by atoms with E-state index in [0.29, 0.717) is 28.8 Å². The molecule has 0 aliphatic carbocycles. The molecule has 114 valence electrons. The second-order valence-electron chi connectivity index (χ2n) is 4.96. The Kier molecular flexibility index (Phi) is 5.59. The highest BCUT2D eigenvalue weighted by Crippen LogP contribution is 2.40.